The summed E-state index contributed by atoms with van der Waals surface area (Å²) < 4.78 is 0.469. The molecule has 0 N–H and O–H groups in total. The lowest BCUT2D eigenvalue weighted by molar-refractivity contribution is -0.808. The zero-order valence-electron chi connectivity index (χ0n) is 6.00. The van der Waals surface area contributed by atoms with Crippen molar-refractivity contribution in [3.63, 3.8) is 0 Å². The minimum atomic E-state index is 0.469. The van der Waals surface area contributed by atoms with Crippen molar-refractivity contribution in [3.05, 3.63) is 0 Å². The van der Waals surface area contributed by atoms with Gasteiger partial charge in [0.1, 0.15) is 14.1 Å². The fourth-order valence-corrected chi connectivity index (χ4v) is 0.790. The van der Waals surface area contributed by atoms with E-state index in [1.807, 2.05) is 14.1 Å². The van der Waals surface area contributed by atoms with Crippen LogP contribution in [0.5, 0.6) is 0 Å². The molecule has 0 fully saturated rings. The van der Waals surface area contributed by atoms with E-state index < -0.39 is 0 Å². The van der Waals surface area contributed by atoms with E-state index in [-0.39, 0.29) is 0 Å². The lowest BCUT2D eigenvalue weighted by atomic mass is 10.4. The summed E-state index contributed by atoms with van der Waals surface area (Å²) in [5.41, 5.74) is 0. The van der Waals surface area contributed by atoms with E-state index in [4.69, 9.17) is 0 Å². The molecular weight excluding hydrogens is 116 g/mol. The van der Waals surface area contributed by atoms with Gasteiger partial charge in [-0.2, -0.15) is 0 Å². The van der Waals surface area contributed by atoms with Crippen molar-refractivity contribution in [2.75, 3.05) is 14.1 Å². The first-order valence-corrected chi connectivity index (χ1v) is 3.00. The monoisotopic (exact) mass is 127 g/mol. The van der Waals surface area contributed by atoms with Crippen molar-refractivity contribution in [2.45, 2.75) is 13.3 Å². The first kappa shape index (κ1) is 6.35. The Balaban J connectivity index is 2.78. The zero-order chi connectivity index (χ0) is 6.91. The third-order valence-electron chi connectivity index (χ3n) is 1.37. The van der Waals surface area contributed by atoms with Crippen LogP contribution in [0, 0.1) is 0 Å². The molecule has 0 bridgehead atoms. The van der Waals surface area contributed by atoms with Gasteiger partial charge in [-0.3, -0.25) is 0 Å². The number of hydrogen-bond donors (Lipinski definition) is 0. The number of hydrogen-bond acceptors (Lipinski definition) is 3. The Morgan fingerprint density at radius 3 is 2.33 bits per heavy atom. The minimum Gasteiger partial charge on any atom is -0.137 e. The molecule has 0 saturated heterocycles. The highest BCUT2D eigenvalue weighted by molar-refractivity contribution is 5.75. The summed E-state index contributed by atoms with van der Waals surface area (Å²) in [5.74, 6) is 1.01. The molecule has 0 saturated carbocycles. The van der Waals surface area contributed by atoms with Crippen LogP contribution >= 0.6 is 0 Å². The van der Waals surface area contributed by atoms with Crippen LogP contribution < -0.4 is 0 Å². The molecule has 0 aromatic rings. The van der Waals surface area contributed by atoms with Gasteiger partial charge < -0.3 is 0 Å². The van der Waals surface area contributed by atoms with Gasteiger partial charge in [0.05, 0.1) is 5.22 Å². The van der Waals surface area contributed by atoms with Crippen molar-refractivity contribution >= 4 is 5.84 Å². The van der Waals surface area contributed by atoms with Gasteiger partial charge in [-0.15, -0.1) is 4.59 Å². The summed E-state index contributed by atoms with van der Waals surface area (Å²) in [4.78, 5) is 0. The van der Waals surface area contributed by atoms with Crippen molar-refractivity contribution < 1.29 is 4.59 Å². The molecule has 4 heteroatoms. The summed E-state index contributed by atoms with van der Waals surface area (Å²) in [6, 6.07) is 0. The van der Waals surface area contributed by atoms with E-state index in [9.17, 15) is 0 Å². The maximum Gasteiger partial charge on any atom is 0.251 e. The molecule has 0 unspecified atom stereocenters. The molecule has 1 aliphatic rings. The standard InChI is InChI=1S/C5H11N4/c1-4-5-6-7-8-9(5,2)3/h4H2,1-3H3/q+1. The average Bonchev–Trinajstić information content (AvgIpc) is 2.08. The van der Waals surface area contributed by atoms with Gasteiger partial charge in [0.2, 0.25) is 0 Å². The third-order valence-corrected chi connectivity index (χ3v) is 1.37. The van der Waals surface area contributed by atoms with Crippen LogP contribution in [-0.2, 0) is 0 Å². The molecule has 0 aromatic carbocycles. The molecule has 0 radical (unpaired) electrons. The summed E-state index contributed by atoms with van der Waals surface area (Å²) in [7, 11) is 3.91. The molecule has 0 aromatic heterocycles. The predicted octanol–water partition coefficient (Wildman–Crippen LogP) is 1.17. The van der Waals surface area contributed by atoms with E-state index in [1.165, 1.54) is 0 Å². The molecule has 1 rings (SSSR count). The minimum absolute atomic E-state index is 0.469. The van der Waals surface area contributed by atoms with E-state index in [1.54, 1.807) is 0 Å². The molecule has 0 spiro atoms. The smallest absolute Gasteiger partial charge is 0.137 e. The van der Waals surface area contributed by atoms with Gasteiger partial charge in [-0.1, -0.05) is 12.0 Å². The largest absolute Gasteiger partial charge is 0.251 e. The first-order valence-electron chi connectivity index (χ1n) is 3.00. The van der Waals surface area contributed by atoms with Gasteiger partial charge in [-0.05, 0) is 0 Å². The van der Waals surface area contributed by atoms with Crippen LogP contribution in [0.15, 0.2) is 15.5 Å². The molecule has 0 aliphatic carbocycles. The first-order chi connectivity index (χ1) is 4.17. The van der Waals surface area contributed by atoms with Gasteiger partial charge in [0.15, 0.2) is 0 Å². The Labute approximate surface area is 54.4 Å². The maximum atomic E-state index is 3.88. The lowest BCUT2D eigenvalue weighted by Gasteiger charge is -2.14. The highest BCUT2D eigenvalue weighted by Crippen LogP contribution is 2.11. The topological polar surface area (TPSA) is 37.1 Å². The van der Waals surface area contributed by atoms with Gasteiger partial charge in [0.25, 0.3) is 5.84 Å². The molecule has 1 aliphatic heterocycles. The molecule has 1 heterocycles. The van der Waals surface area contributed by atoms with Crippen LogP contribution in [0.25, 0.3) is 0 Å². The third kappa shape index (κ3) is 0.977. The van der Waals surface area contributed by atoms with Crippen molar-refractivity contribution in [1.82, 2.24) is 0 Å². The second-order valence-corrected chi connectivity index (χ2v) is 2.44. The second-order valence-electron chi connectivity index (χ2n) is 2.44. The van der Waals surface area contributed by atoms with Crippen LogP contribution in [0.3, 0.4) is 0 Å². The molecular formula is C5H11N4+. The Hall–Kier alpha value is -0.770. The van der Waals surface area contributed by atoms with Crippen molar-refractivity contribution in [2.24, 2.45) is 15.5 Å². The van der Waals surface area contributed by atoms with Crippen LogP contribution in [0.2, 0.25) is 0 Å². The van der Waals surface area contributed by atoms with E-state index in [2.05, 4.69) is 22.5 Å². The van der Waals surface area contributed by atoms with Crippen LogP contribution in [-0.4, -0.2) is 24.5 Å². The van der Waals surface area contributed by atoms with Gasteiger partial charge in [-0.25, -0.2) is 0 Å². The maximum absolute atomic E-state index is 3.88. The highest BCUT2D eigenvalue weighted by atomic mass is 15.8. The molecule has 0 amide bonds. The Bertz CT molecular complexity index is 168. The molecule has 9 heavy (non-hydrogen) atoms. The normalized spacial score (nSPS) is 22.3. The number of quaternary nitrogens is 1. The molecule has 50 valence electrons. The molecule has 4 nitrogen and oxygen atoms in total. The quantitative estimate of drug-likeness (QED) is 0.474. The number of rotatable bonds is 1. The van der Waals surface area contributed by atoms with E-state index in [0.717, 1.165) is 12.3 Å². The summed E-state index contributed by atoms with van der Waals surface area (Å²) in [5, 5.41) is 11.3. The second kappa shape index (κ2) is 1.88. The Kier molecular flexibility index (Phi) is 1.32. The number of amidine groups is 1. The SMILES string of the molecule is CCC1=NN=N[N+]1(C)C. The van der Waals surface area contributed by atoms with Crippen molar-refractivity contribution in [3.8, 4) is 0 Å². The van der Waals surface area contributed by atoms with E-state index in [0.29, 0.717) is 4.59 Å². The van der Waals surface area contributed by atoms with Crippen LogP contribution in [0.4, 0.5) is 0 Å². The fourth-order valence-electron chi connectivity index (χ4n) is 0.790. The van der Waals surface area contributed by atoms with Gasteiger partial charge >= 0.3 is 0 Å². The zero-order valence-corrected chi connectivity index (χ0v) is 6.00. The number of nitrogens with zero attached hydrogens (tertiary/aromatic N) is 4. The van der Waals surface area contributed by atoms with Crippen LogP contribution in [0.1, 0.15) is 13.3 Å². The summed E-state index contributed by atoms with van der Waals surface area (Å²) >= 11 is 0. The highest BCUT2D eigenvalue weighted by Gasteiger charge is 2.27. The fraction of sp³-hybridized carbons (Fsp3) is 0.800. The predicted molar refractivity (Wildman–Crippen MR) is 34.7 cm³/mol. The molecule has 0 atom stereocenters. The Morgan fingerprint density at radius 2 is 2.11 bits per heavy atom. The van der Waals surface area contributed by atoms with E-state index >= 15 is 0 Å². The van der Waals surface area contributed by atoms with Crippen molar-refractivity contribution in [1.29, 1.82) is 0 Å². The summed E-state index contributed by atoms with van der Waals surface area (Å²) in [6.45, 7) is 2.05. The Morgan fingerprint density at radius 1 is 1.44 bits per heavy atom. The lowest BCUT2D eigenvalue weighted by Crippen LogP contribution is -2.36. The summed E-state index contributed by atoms with van der Waals surface area (Å²) in [6.07, 6.45) is 0.917. The van der Waals surface area contributed by atoms with Gasteiger partial charge in [0, 0.05) is 11.6 Å². The average molecular weight is 127 g/mol.